The predicted octanol–water partition coefficient (Wildman–Crippen LogP) is 4.11. The van der Waals surface area contributed by atoms with Gasteiger partial charge in [0, 0.05) is 19.1 Å². The molecule has 5 rings (SSSR count). The summed E-state index contributed by atoms with van der Waals surface area (Å²) in [6.07, 6.45) is 6.52. The molecule has 0 spiro atoms. The Hall–Kier alpha value is -1.60. The normalized spacial score (nSPS) is 24.5. The Balaban J connectivity index is 1.49. The first-order valence-electron chi connectivity index (χ1n) is 8.73. The van der Waals surface area contributed by atoms with Gasteiger partial charge in [0.25, 0.3) is 0 Å². The van der Waals surface area contributed by atoms with Gasteiger partial charge in [-0.05, 0) is 54.7 Å². The van der Waals surface area contributed by atoms with Crippen LogP contribution in [0.1, 0.15) is 29.5 Å². The van der Waals surface area contributed by atoms with Crippen molar-refractivity contribution < 1.29 is 0 Å². The van der Waals surface area contributed by atoms with Crippen LogP contribution in [0, 0.1) is 5.92 Å². The van der Waals surface area contributed by atoms with Gasteiger partial charge in [-0.3, -0.25) is 4.90 Å². The summed E-state index contributed by atoms with van der Waals surface area (Å²) in [6.45, 7) is 2.51. The molecule has 1 heteroatoms. The zero-order valence-electron chi connectivity index (χ0n) is 13.2. The zero-order chi connectivity index (χ0) is 14.8. The van der Waals surface area contributed by atoms with Gasteiger partial charge >= 0.3 is 0 Å². The van der Waals surface area contributed by atoms with Gasteiger partial charge in [-0.1, -0.05) is 54.6 Å². The summed E-state index contributed by atoms with van der Waals surface area (Å²) in [5, 5.41) is 0. The van der Waals surface area contributed by atoms with E-state index >= 15 is 0 Å². The third-order valence-corrected chi connectivity index (χ3v) is 5.53. The van der Waals surface area contributed by atoms with Crippen molar-refractivity contribution in [2.24, 2.45) is 5.92 Å². The van der Waals surface area contributed by atoms with Crippen molar-refractivity contribution in [2.45, 2.75) is 38.1 Å². The van der Waals surface area contributed by atoms with Crippen molar-refractivity contribution in [3.8, 4) is 0 Å². The monoisotopic (exact) mass is 291 g/mol. The van der Waals surface area contributed by atoms with Crippen molar-refractivity contribution in [2.75, 3.05) is 13.1 Å². The number of benzene rings is 2. The smallest absolute Gasteiger partial charge is 0.0136 e. The summed E-state index contributed by atoms with van der Waals surface area (Å²) in [6, 6.07) is 20.8. The molecule has 1 aliphatic carbocycles. The lowest BCUT2D eigenvalue weighted by Crippen LogP contribution is -2.47. The first kappa shape index (κ1) is 14.0. The number of hydrogen-bond donors (Lipinski definition) is 0. The molecule has 3 aliphatic rings. The number of piperidine rings is 1. The van der Waals surface area contributed by atoms with E-state index < -0.39 is 0 Å². The molecule has 0 aromatic heterocycles. The van der Waals surface area contributed by atoms with Crippen molar-refractivity contribution in [1.29, 1.82) is 0 Å². The first-order chi connectivity index (χ1) is 10.9. The molecule has 2 aromatic carbocycles. The standard InChI is InChI=1S/C21H25N/c1-2-6-17(7-3-1)12-13-22-16-18-10-11-21(22)15-20-9-5-4-8-19(20)14-18/h1-9,18,21H,10-16H2/t18-,21-/m1/s1. The van der Waals surface area contributed by atoms with Crippen LogP contribution < -0.4 is 0 Å². The second-order valence-electron chi connectivity index (χ2n) is 7.00. The van der Waals surface area contributed by atoms with Crippen LogP contribution in [0.5, 0.6) is 0 Å². The zero-order valence-corrected chi connectivity index (χ0v) is 13.2. The maximum absolute atomic E-state index is 2.77. The van der Waals surface area contributed by atoms with E-state index in [0.717, 1.165) is 12.0 Å². The number of fused-ring (bicyclic) bond motifs is 2. The van der Waals surface area contributed by atoms with Crippen LogP contribution in [-0.4, -0.2) is 24.0 Å². The maximum Gasteiger partial charge on any atom is 0.0136 e. The molecule has 2 aliphatic heterocycles. The summed E-state index contributed by atoms with van der Waals surface area (Å²) < 4.78 is 0. The lowest BCUT2D eigenvalue weighted by atomic mass is 9.80. The topological polar surface area (TPSA) is 3.24 Å². The highest BCUT2D eigenvalue weighted by Crippen LogP contribution is 2.32. The highest BCUT2D eigenvalue weighted by Gasteiger charge is 2.31. The van der Waals surface area contributed by atoms with Crippen LogP contribution in [0.15, 0.2) is 54.6 Å². The average Bonchev–Trinajstić information content (AvgIpc) is 2.54. The molecule has 1 fully saturated rings. The average molecular weight is 291 g/mol. The van der Waals surface area contributed by atoms with Crippen LogP contribution in [0.25, 0.3) is 0 Å². The maximum atomic E-state index is 2.77. The second-order valence-corrected chi connectivity index (χ2v) is 7.00. The Morgan fingerprint density at radius 2 is 1.55 bits per heavy atom. The fourth-order valence-corrected chi connectivity index (χ4v) is 4.29. The Bertz CT molecular complexity index is 619. The van der Waals surface area contributed by atoms with E-state index in [1.54, 1.807) is 11.1 Å². The van der Waals surface area contributed by atoms with Crippen LogP contribution in [0.3, 0.4) is 0 Å². The summed E-state index contributed by atoms with van der Waals surface area (Å²) in [7, 11) is 0. The molecule has 1 nitrogen and oxygen atoms in total. The van der Waals surface area contributed by atoms with E-state index in [0.29, 0.717) is 0 Å². The van der Waals surface area contributed by atoms with Crippen LogP contribution in [0.4, 0.5) is 0 Å². The predicted molar refractivity (Wildman–Crippen MR) is 92.1 cm³/mol. The number of rotatable bonds is 3. The number of hydrogen-bond acceptors (Lipinski definition) is 1. The highest BCUT2D eigenvalue weighted by molar-refractivity contribution is 5.30. The van der Waals surface area contributed by atoms with E-state index in [4.69, 9.17) is 0 Å². The molecule has 1 saturated heterocycles. The van der Waals surface area contributed by atoms with Gasteiger partial charge in [-0.25, -0.2) is 0 Å². The molecule has 2 bridgehead atoms. The van der Waals surface area contributed by atoms with Gasteiger partial charge in [-0.2, -0.15) is 0 Å². The molecule has 2 aromatic rings. The largest absolute Gasteiger partial charge is 0.299 e. The van der Waals surface area contributed by atoms with E-state index in [2.05, 4.69) is 59.5 Å². The summed E-state index contributed by atoms with van der Waals surface area (Å²) in [4.78, 5) is 2.77. The van der Waals surface area contributed by atoms with Crippen LogP contribution >= 0.6 is 0 Å². The highest BCUT2D eigenvalue weighted by atomic mass is 15.2. The van der Waals surface area contributed by atoms with Gasteiger partial charge in [0.2, 0.25) is 0 Å². The lowest BCUT2D eigenvalue weighted by Gasteiger charge is -2.42. The fraction of sp³-hybridized carbons (Fsp3) is 0.429. The van der Waals surface area contributed by atoms with Crippen molar-refractivity contribution in [3.05, 3.63) is 71.3 Å². The molecule has 2 heterocycles. The van der Waals surface area contributed by atoms with Crippen LogP contribution in [0.2, 0.25) is 0 Å². The molecular weight excluding hydrogens is 266 g/mol. The molecule has 0 amide bonds. The molecule has 0 radical (unpaired) electrons. The van der Waals surface area contributed by atoms with Gasteiger partial charge in [0.15, 0.2) is 0 Å². The van der Waals surface area contributed by atoms with E-state index in [1.807, 2.05) is 0 Å². The third-order valence-electron chi connectivity index (χ3n) is 5.53. The van der Waals surface area contributed by atoms with Crippen molar-refractivity contribution in [3.63, 3.8) is 0 Å². The molecular formula is C21H25N. The fourth-order valence-electron chi connectivity index (χ4n) is 4.29. The Labute approximate surface area is 134 Å². The quantitative estimate of drug-likeness (QED) is 0.822. The Morgan fingerprint density at radius 1 is 0.818 bits per heavy atom. The van der Waals surface area contributed by atoms with E-state index in [-0.39, 0.29) is 0 Å². The van der Waals surface area contributed by atoms with Gasteiger partial charge in [-0.15, -0.1) is 0 Å². The van der Waals surface area contributed by atoms with Gasteiger partial charge < -0.3 is 0 Å². The third kappa shape index (κ3) is 2.96. The first-order valence-corrected chi connectivity index (χ1v) is 8.73. The van der Waals surface area contributed by atoms with Crippen molar-refractivity contribution in [1.82, 2.24) is 4.90 Å². The Kier molecular flexibility index (Phi) is 3.99. The SMILES string of the molecule is c1ccc(CCN2C[C@@H]3CC[C@@H]2Cc2ccccc2C3)cc1. The summed E-state index contributed by atoms with van der Waals surface area (Å²) in [5.74, 6) is 0.855. The van der Waals surface area contributed by atoms with Crippen molar-refractivity contribution >= 4 is 0 Å². The van der Waals surface area contributed by atoms with Gasteiger partial charge in [0.05, 0.1) is 0 Å². The summed E-state index contributed by atoms with van der Waals surface area (Å²) >= 11 is 0. The molecule has 2 atom stereocenters. The minimum Gasteiger partial charge on any atom is -0.299 e. The molecule has 22 heavy (non-hydrogen) atoms. The molecule has 0 N–H and O–H groups in total. The Morgan fingerprint density at radius 3 is 2.36 bits per heavy atom. The lowest BCUT2D eigenvalue weighted by molar-refractivity contribution is 0.102. The molecule has 114 valence electrons. The minimum atomic E-state index is 0.751. The molecule has 0 saturated carbocycles. The summed E-state index contributed by atoms with van der Waals surface area (Å²) in [5.41, 5.74) is 4.68. The number of nitrogens with zero attached hydrogens (tertiary/aromatic N) is 1. The molecule has 0 unspecified atom stereocenters. The van der Waals surface area contributed by atoms with Crippen LogP contribution in [-0.2, 0) is 19.3 Å². The second kappa shape index (κ2) is 6.26. The van der Waals surface area contributed by atoms with E-state index in [9.17, 15) is 0 Å². The van der Waals surface area contributed by atoms with Gasteiger partial charge in [0.1, 0.15) is 0 Å². The van der Waals surface area contributed by atoms with E-state index in [1.165, 1.54) is 50.8 Å². The minimum absolute atomic E-state index is 0.751.